The lowest BCUT2D eigenvalue weighted by Crippen LogP contribution is -2.09. The minimum Gasteiger partial charge on any atom is -0.504 e. The summed E-state index contributed by atoms with van der Waals surface area (Å²) in [6, 6.07) is 5.85. The summed E-state index contributed by atoms with van der Waals surface area (Å²) in [7, 11) is 0. The minimum atomic E-state index is 0.0973. The first kappa shape index (κ1) is 13.3. The van der Waals surface area contributed by atoms with Gasteiger partial charge in [-0.1, -0.05) is 38.2 Å². The number of benzene rings is 1. The Morgan fingerprint density at radius 1 is 1.22 bits per heavy atom. The topological polar surface area (TPSA) is 29.5 Å². The van der Waals surface area contributed by atoms with E-state index < -0.39 is 0 Å². The molecule has 0 bridgehead atoms. The van der Waals surface area contributed by atoms with Gasteiger partial charge in [-0.05, 0) is 43.9 Å². The second kappa shape index (κ2) is 6.12. The van der Waals surface area contributed by atoms with Gasteiger partial charge < -0.3 is 9.84 Å². The summed E-state index contributed by atoms with van der Waals surface area (Å²) < 4.78 is 5.54. The second-order valence-electron chi connectivity index (χ2n) is 5.68. The lowest BCUT2D eigenvalue weighted by atomic mass is 9.85. The van der Waals surface area contributed by atoms with Crippen LogP contribution in [-0.2, 0) is 6.42 Å². The van der Waals surface area contributed by atoms with Crippen molar-refractivity contribution in [1.82, 2.24) is 0 Å². The molecule has 0 aromatic heterocycles. The zero-order valence-electron chi connectivity index (χ0n) is 11.5. The third-order valence-corrected chi connectivity index (χ3v) is 3.64. The predicted octanol–water partition coefficient (Wildman–Crippen LogP) is 4.30. The Morgan fingerprint density at radius 2 is 1.94 bits per heavy atom. The molecule has 2 rings (SSSR count). The maximum Gasteiger partial charge on any atom is 0.161 e. The molecule has 2 nitrogen and oxygen atoms in total. The molecule has 1 aliphatic rings. The van der Waals surface area contributed by atoms with Crippen LogP contribution < -0.4 is 4.74 Å². The molecule has 1 aliphatic carbocycles. The molecule has 2 heteroatoms. The lowest BCUT2D eigenvalue weighted by Gasteiger charge is -2.21. The van der Waals surface area contributed by atoms with Crippen molar-refractivity contribution in [1.29, 1.82) is 0 Å². The highest BCUT2D eigenvalue weighted by Crippen LogP contribution is 2.31. The van der Waals surface area contributed by atoms with Gasteiger partial charge in [-0.25, -0.2) is 0 Å². The fourth-order valence-corrected chi connectivity index (χ4v) is 2.77. The highest BCUT2D eigenvalue weighted by molar-refractivity contribution is 5.42. The van der Waals surface area contributed by atoms with E-state index in [0.717, 1.165) is 12.3 Å². The third-order valence-electron chi connectivity index (χ3n) is 3.64. The van der Waals surface area contributed by atoms with Gasteiger partial charge in [-0.2, -0.15) is 0 Å². The van der Waals surface area contributed by atoms with Crippen LogP contribution in [0.15, 0.2) is 18.2 Å². The van der Waals surface area contributed by atoms with Crippen molar-refractivity contribution in [3.8, 4) is 11.5 Å². The number of phenolic OH excluding ortho intramolecular Hbond substituents is 1. The van der Waals surface area contributed by atoms with E-state index in [1.807, 2.05) is 26.0 Å². The molecule has 0 heterocycles. The molecule has 0 unspecified atom stereocenters. The van der Waals surface area contributed by atoms with E-state index in [4.69, 9.17) is 4.74 Å². The van der Waals surface area contributed by atoms with Crippen LogP contribution in [-0.4, -0.2) is 11.2 Å². The number of hydrogen-bond acceptors (Lipinski definition) is 2. The van der Waals surface area contributed by atoms with Crippen molar-refractivity contribution in [3.05, 3.63) is 23.8 Å². The smallest absolute Gasteiger partial charge is 0.161 e. The van der Waals surface area contributed by atoms with Gasteiger partial charge in [-0.15, -0.1) is 0 Å². The molecule has 1 aromatic rings. The van der Waals surface area contributed by atoms with Crippen LogP contribution in [0, 0.1) is 5.92 Å². The van der Waals surface area contributed by atoms with Crippen LogP contribution in [0.25, 0.3) is 0 Å². The fraction of sp³-hybridized carbons (Fsp3) is 0.625. The van der Waals surface area contributed by atoms with Gasteiger partial charge in [0.2, 0.25) is 0 Å². The van der Waals surface area contributed by atoms with E-state index in [1.165, 1.54) is 37.7 Å². The molecule has 0 spiro atoms. The zero-order chi connectivity index (χ0) is 13.0. The van der Waals surface area contributed by atoms with Crippen molar-refractivity contribution in [2.24, 2.45) is 5.92 Å². The number of phenols is 1. The quantitative estimate of drug-likeness (QED) is 0.860. The standard InChI is InChI=1S/C16H24O2/c1-12(2)18-16-9-8-14(11-15(16)17)10-13-6-4-3-5-7-13/h8-9,11-13,17H,3-7,10H2,1-2H3. The van der Waals surface area contributed by atoms with Crippen LogP contribution in [0.5, 0.6) is 11.5 Å². The Morgan fingerprint density at radius 3 is 2.56 bits per heavy atom. The van der Waals surface area contributed by atoms with Crippen LogP contribution in [0.1, 0.15) is 51.5 Å². The van der Waals surface area contributed by atoms with Crippen LogP contribution in [0.2, 0.25) is 0 Å². The van der Waals surface area contributed by atoms with Gasteiger partial charge in [0, 0.05) is 0 Å². The summed E-state index contributed by atoms with van der Waals surface area (Å²) in [5, 5.41) is 9.94. The number of ether oxygens (including phenoxy) is 1. The molecule has 100 valence electrons. The zero-order valence-corrected chi connectivity index (χ0v) is 11.5. The van der Waals surface area contributed by atoms with Crippen molar-refractivity contribution in [3.63, 3.8) is 0 Å². The van der Waals surface area contributed by atoms with Gasteiger partial charge in [0.05, 0.1) is 6.10 Å². The van der Waals surface area contributed by atoms with E-state index in [9.17, 15) is 5.11 Å². The first-order valence-electron chi connectivity index (χ1n) is 7.13. The molecule has 18 heavy (non-hydrogen) atoms. The summed E-state index contributed by atoms with van der Waals surface area (Å²) in [5.41, 5.74) is 1.23. The molecular weight excluding hydrogens is 224 g/mol. The Labute approximate surface area is 110 Å². The monoisotopic (exact) mass is 248 g/mol. The average Bonchev–Trinajstić information content (AvgIpc) is 2.33. The molecule has 0 radical (unpaired) electrons. The molecule has 0 aliphatic heterocycles. The summed E-state index contributed by atoms with van der Waals surface area (Å²) in [5.74, 6) is 1.67. The van der Waals surface area contributed by atoms with Gasteiger partial charge >= 0.3 is 0 Å². The maximum atomic E-state index is 9.94. The van der Waals surface area contributed by atoms with Crippen LogP contribution in [0.4, 0.5) is 0 Å². The van der Waals surface area contributed by atoms with Gasteiger partial charge in [0.15, 0.2) is 11.5 Å². The van der Waals surface area contributed by atoms with E-state index in [2.05, 4.69) is 6.07 Å². The van der Waals surface area contributed by atoms with Crippen molar-refractivity contribution in [2.75, 3.05) is 0 Å². The molecule has 0 amide bonds. The highest BCUT2D eigenvalue weighted by Gasteiger charge is 2.15. The second-order valence-corrected chi connectivity index (χ2v) is 5.68. The van der Waals surface area contributed by atoms with Crippen molar-refractivity contribution >= 4 is 0 Å². The average molecular weight is 248 g/mol. The summed E-state index contributed by atoms with van der Waals surface area (Å²) >= 11 is 0. The highest BCUT2D eigenvalue weighted by atomic mass is 16.5. The summed E-state index contributed by atoms with van der Waals surface area (Å²) in [6.07, 6.45) is 7.99. The Hall–Kier alpha value is -1.18. The van der Waals surface area contributed by atoms with Crippen molar-refractivity contribution < 1.29 is 9.84 Å². The van der Waals surface area contributed by atoms with Crippen LogP contribution >= 0.6 is 0 Å². The molecule has 1 aromatic carbocycles. The minimum absolute atomic E-state index is 0.0973. The molecule has 0 atom stereocenters. The summed E-state index contributed by atoms with van der Waals surface area (Å²) in [4.78, 5) is 0. The fourth-order valence-electron chi connectivity index (χ4n) is 2.77. The Bertz CT molecular complexity index is 379. The van der Waals surface area contributed by atoms with Crippen LogP contribution in [0.3, 0.4) is 0 Å². The Kier molecular flexibility index (Phi) is 4.51. The predicted molar refractivity (Wildman–Crippen MR) is 74.1 cm³/mol. The normalized spacial score (nSPS) is 17.1. The Balaban J connectivity index is 1.99. The van der Waals surface area contributed by atoms with E-state index >= 15 is 0 Å². The van der Waals surface area contributed by atoms with Gasteiger partial charge in [-0.3, -0.25) is 0 Å². The number of hydrogen-bond donors (Lipinski definition) is 1. The third kappa shape index (κ3) is 3.66. The largest absolute Gasteiger partial charge is 0.504 e. The molecule has 1 saturated carbocycles. The molecule has 0 saturated heterocycles. The SMILES string of the molecule is CC(C)Oc1ccc(CC2CCCCC2)cc1O. The van der Waals surface area contributed by atoms with Gasteiger partial charge in [0.1, 0.15) is 0 Å². The lowest BCUT2D eigenvalue weighted by molar-refractivity contribution is 0.231. The number of aromatic hydroxyl groups is 1. The van der Waals surface area contributed by atoms with Gasteiger partial charge in [0.25, 0.3) is 0 Å². The summed E-state index contributed by atoms with van der Waals surface area (Å²) in [6.45, 7) is 3.94. The molecule has 1 N–H and O–H groups in total. The first-order valence-corrected chi connectivity index (χ1v) is 7.13. The van der Waals surface area contributed by atoms with E-state index in [-0.39, 0.29) is 11.9 Å². The number of rotatable bonds is 4. The molecule has 1 fully saturated rings. The van der Waals surface area contributed by atoms with E-state index in [0.29, 0.717) is 5.75 Å². The molecular formula is C16H24O2. The first-order chi connectivity index (χ1) is 8.65. The van der Waals surface area contributed by atoms with E-state index in [1.54, 1.807) is 0 Å². The maximum absolute atomic E-state index is 9.94. The van der Waals surface area contributed by atoms with Crippen molar-refractivity contribution in [2.45, 2.75) is 58.5 Å².